The number of nitrogens with zero attached hydrogens (tertiary/aromatic N) is 1. The number of fused-ring (bicyclic) bond motifs is 3. The average Bonchev–Trinajstić information content (AvgIpc) is 3.57. The lowest BCUT2D eigenvalue weighted by Crippen LogP contribution is -2.19. The van der Waals surface area contributed by atoms with Crippen LogP contribution in [-0.4, -0.2) is 0 Å². The van der Waals surface area contributed by atoms with E-state index in [1.807, 2.05) is 0 Å². The zero-order valence-corrected chi connectivity index (χ0v) is 33.5. The van der Waals surface area contributed by atoms with Gasteiger partial charge < -0.3 is 4.90 Å². The Kier molecular flexibility index (Phi) is 9.35. The standard InChI is InChI=1S/C58H45N/c1-3-58(2)56-25-14-13-24-53(56)54-36-30-47(39-57(54)58)44-28-33-50(34-29-44)59(49-31-26-43(27-32-49)41-16-7-4-8-17-41)51-35-37-52(55(40-51)45-20-11-6-12-21-45)48-23-15-22-46(38-48)42-18-9-5-10-19-42/h4-40H,3H2,1-2H3. The Morgan fingerprint density at radius 1 is 0.305 bits per heavy atom. The molecule has 59 heavy (non-hydrogen) atoms. The fourth-order valence-corrected chi connectivity index (χ4v) is 9.10. The second kappa shape index (κ2) is 15.3. The predicted octanol–water partition coefficient (Wildman–Crippen LogP) is 16.2. The fourth-order valence-electron chi connectivity index (χ4n) is 9.10. The molecule has 0 N–H and O–H groups in total. The van der Waals surface area contributed by atoms with Gasteiger partial charge >= 0.3 is 0 Å². The van der Waals surface area contributed by atoms with Crippen molar-refractivity contribution >= 4 is 17.1 Å². The summed E-state index contributed by atoms with van der Waals surface area (Å²) < 4.78 is 0. The highest BCUT2D eigenvalue weighted by Gasteiger charge is 2.37. The van der Waals surface area contributed by atoms with Gasteiger partial charge in [0.25, 0.3) is 0 Å². The van der Waals surface area contributed by atoms with Crippen molar-refractivity contribution in [2.75, 3.05) is 4.90 Å². The molecule has 0 radical (unpaired) electrons. The minimum absolute atomic E-state index is 0.00389. The molecular formula is C58H45N. The van der Waals surface area contributed by atoms with Gasteiger partial charge in [0.05, 0.1) is 0 Å². The third-order valence-corrected chi connectivity index (χ3v) is 12.5. The molecule has 0 amide bonds. The van der Waals surface area contributed by atoms with Crippen molar-refractivity contribution in [1.82, 2.24) is 0 Å². The van der Waals surface area contributed by atoms with Crippen LogP contribution >= 0.6 is 0 Å². The first-order valence-corrected chi connectivity index (χ1v) is 20.7. The topological polar surface area (TPSA) is 3.24 Å². The Morgan fingerprint density at radius 3 is 1.39 bits per heavy atom. The van der Waals surface area contributed by atoms with Gasteiger partial charge in [0.15, 0.2) is 0 Å². The first kappa shape index (κ1) is 36.1. The fraction of sp³-hybridized carbons (Fsp3) is 0.0690. The predicted molar refractivity (Wildman–Crippen MR) is 250 cm³/mol. The number of anilines is 3. The van der Waals surface area contributed by atoms with Crippen molar-refractivity contribution in [2.45, 2.75) is 25.7 Å². The normalized spacial score (nSPS) is 14.1. The van der Waals surface area contributed by atoms with Gasteiger partial charge in [0, 0.05) is 22.5 Å². The van der Waals surface area contributed by atoms with Gasteiger partial charge in [-0.15, -0.1) is 0 Å². The van der Waals surface area contributed by atoms with Crippen LogP contribution in [0.25, 0.3) is 66.8 Å². The van der Waals surface area contributed by atoms with Crippen molar-refractivity contribution in [1.29, 1.82) is 0 Å². The van der Waals surface area contributed by atoms with Gasteiger partial charge in [-0.2, -0.15) is 0 Å². The van der Waals surface area contributed by atoms with E-state index >= 15 is 0 Å². The highest BCUT2D eigenvalue weighted by atomic mass is 15.1. The van der Waals surface area contributed by atoms with E-state index in [4.69, 9.17) is 0 Å². The maximum absolute atomic E-state index is 2.44. The summed E-state index contributed by atoms with van der Waals surface area (Å²) in [6.07, 6.45) is 1.06. The highest BCUT2D eigenvalue weighted by molar-refractivity contribution is 5.91. The molecule has 10 rings (SSSR count). The smallest absolute Gasteiger partial charge is 0.0468 e. The van der Waals surface area contributed by atoms with E-state index < -0.39 is 0 Å². The van der Waals surface area contributed by atoms with E-state index in [9.17, 15) is 0 Å². The molecule has 0 heterocycles. The third-order valence-electron chi connectivity index (χ3n) is 12.5. The molecule has 0 saturated heterocycles. The number of benzene rings is 9. The third kappa shape index (κ3) is 6.65. The summed E-state index contributed by atoms with van der Waals surface area (Å²) in [6, 6.07) is 82.0. The summed E-state index contributed by atoms with van der Waals surface area (Å²) >= 11 is 0. The van der Waals surface area contributed by atoms with E-state index in [-0.39, 0.29) is 5.41 Å². The van der Waals surface area contributed by atoms with Gasteiger partial charge in [-0.3, -0.25) is 0 Å². The molecule has 0 bridgehead atoms. The Bertz CT molecular complexity index is 2890. The summed E-state index contributed by atoms with van der Waals surface area (Å²) in [5, 5.41) is 0. The summed E-state index contributed by atoms with van der Waals surface area (Å²) in [4.78, 5) is 2.39. The van der Waals surface area contributed by atoms with Gasteiger partial charge in [-0.05, 0) is 133 Å². The lowest BCUT2D eigenvalue weighted by molar-refractivity contribution is 0.565. The second-order valence-electron chi connectivity index (χ2n) is 15.8. The first-order valence-electron chi connectivity index (χ1n) is 20.7. The van der Waals surface area contributed by atoms with Crippen LogP contribution in [0.15, 0.2) is 224 Å². The second-order valence-corrected chi connectivity index (χ2v) is 15.8. The molecular weight excluding hydrogens is 711 g/mol. The van der Waals surface area contributed by atoms with Crippen molar-refractivity contribution in [3.63, 3.8) is 0 Å². The van der Waals surface area contributed by atoms with E-state index in [0.29, 0.717) is 0 Å². The van der Waals surface area contributed by atoms with Crippen molar-refractivity contribution < 1.29 is 0 Å². The van der Waals surface area contributed by atoms with Crippen LogP contribution in [0.2, 0.25) is 0 Å². The number of hydrogen-bond acceptors (Lipinski definition) is 1. The van der Waals surface area contributed by atoms with Crippen LogP contribution in [0.3, 0.4) is 0 Å². The molecule has 0 aromatic heterocycles. The summed E-state index contributed by atoms with van der Waals surface area (Å²) in [6.45, 7) is 4.71. The summed E-state index contributed by atoms with van der Waals surface area (Å²) in [5.41, 5.74) is 20.9. The Morgan fingerprint density at radius 2 is 0.746 bits per heavy atom. The molecule has 1 nitrogen and oxygen atoms in total. The van der Waals surface area contributed by atoms with Crippen LogP contribution in [0.5, 0.6) is 0 Å². The zero-order valence-electron chi connectivity index (χ0n) is 33.5. The van der Waals surface area contributed by atoms with Gasteiger partial charge in [0.1, 0.15) is 0 Å². The summed E-state index contributed by atoms with van der Waals surface area (Å²) in [5.74, 6) is 0. The average molecular weight is 756 g/mol. The Hall–Kier alpha value is -7.22. The molecule has 1 heteroatoms. The molecule has 0 spiro atoms. The van der Waals surface area contributed by atoms with E-state index in [0.717, 1.165) is 23.5 Å². The molecule has 0 aliphatic heterocycles. The Labute approximate surface area is 348 Å². The van der Waals surface area contributed by atoms with Crippen molar-refractivity contribution in [3.8, 4) is 66.8 Å². The lowest BCUT2D eigenvalue weighted by Gasteiger charge is -2.27. The first-order chi connectivity index (χ1) is 29.1. The van der Waals surface area contributed by atoms with Gasteiger partial charge in [0.2, 0.25) is 0 Å². The maximum Gasteiger partial charge on any atom is 0.0468 e. The highest BCUT2D eigenvalue weighted by Crippen LogP contribution is 2.51. The van der Waals surface area contributed by atoms with E-state index in [2.05, 4.69) is 243 Å². The SMILES string of the molecule is CCC1(C)c2ccccc2-c2ccc(-c3ccc(N(c4ccc(-c5ccccc5)cc4)c4ccc(-c5cccc(-c6ccccc6)c5)c(-c5ccccc5)c4)cc3)cc21. The minimum Gasteiger partial charge on any atom is -0.310 e. The summed E-state index contributed by atoms with van der Waals surface area (Å²) in [7, 11) is 0. The monoisotopic (exact) mass is 755 g/mol. The molecule has 1 unspecified atom stereocenters. The van der Waals surface area contributed by atoms with E-state index in [1.165, 1.54) is 77.9 Å². The molecule has 9 aromatic carbocycles. The van der Waals surface area contributed by atoms with E-state index in [1.54, 1.807) is 0 Å². The van der Waals surface area contributed by atoms with Crippen molar-refractivity contribution in [3.05, 3.63) is 236 Å². The van der Waals surface area contributed by atoms with Crippen molar-refractivity contribution in [2.24, 2.45) is 0 Å². The molecule has 1 aliphatic rings. The largest absolute Gasteiger partial charge is 0.310 e. The quantitative estimate of drug-likeness (QED) is 0.142. The Balaban J connectivity index is 1.08. The lowest BCUT2D eigenvalue weighted by atomic mass is 9.77. The van der Waals surface area contributed by atoms with Crippen LogP contribution in [0.1, 0.15) is 31.4 Å². The zero-order chi connectivity index (χ0) is 39.8. The molecule has 282 valence electrons. The van der Waals surface area contributed by atoms with Crippen LogP contribution in [0.4, 0.5) is 17.1 Å². The maximum atomic E-state index is 2.44. The molecule has 9 aromatic rings. The van der Waals surface area contributed by atoms with Crippen LogP contribution in [0, 0.1) is 0 Å². The van der Waals surface area contributed by atoms with Crippen LogP contribution < -0.4 is 4.90 Å². The molecule has 1 atom stereocenters. The van der Waals surface area contributed by atoms with Gasteiger partial charge in [-0.1, -0.05) is 190 Å². The molecule has 0 saturated carbocycles. The minimum atomic E-state index is -0.00389. The van der Waals surface area contributed by atoms with Crippen LogP contribution in [-0.2, 0) is 5.41 Å². The van der Waals surface area contributed by atoms with Gasteiger partial charge in [-0.25, -0.2) is 0 Å². The number of rotatable bonds is 9. The molecule has 1 aliphatic carbocycles. The molecule has 0 fully saturated rings. The number of hydrogen-bond donors (Lipinski definition) is 0.